The summed E-state index contributed by atoms with van der Waals surface area (Å²) >= 11 is 0. The summed E-state index contributed by atoms with van der Waals surface area (Å²) in [5.41, 5.74) is 9.41. The van der Waals surface area contributed by atoms with Gasteiger partial charge in [0, 0.05) is 27.1 Å². The Morgan fingerprint density at radius 3 is 1.77 bits per heavy atom. The van der Waals surface area contributed by atoms with Gasteiger partial charge in [-0.1, -0.05) is 121 Å². The summed E-state index contributed by atoms with van der Waals surface area (Å²) in [6.07, 6.45) is 0. The third-order valence-corrected chi connectivity index (χ3v) is 9.91. The molecule has 4 heterocycles. The lowest BCUT2D eigenvalue weighted by atomic mass is 9.99. The van der Waals surface area contributed by atoms with Crippen LogP contribution in [0, 0.1) is 0 Å². The van der Waals surface area contributed by atoms with E-state index in [9.17, 15) is 0 Å². The van der Waals surface area contributed by atoms with E-state index in [2.05, 4.69) is 71.3 Å². The first-order valence-electron chi connectivity index (χ1n) is 17.5. The number of furan rings is 1. The molecule has 0 N–H and O–H groups in total. The van der Waals surface area contributed by atoms with Crippen molar-refractivity contribution in [2.75, 3.05) is 0 Å². The van der Waals surface area contributed by atoms with E-state index in [4.69, 9.17) is 28.8 Å². The first-order valence-corrected chi connectivity index (χ1v) is 17.5. The second kappa shape index (κ2) is 11.6. The Kier molecular flexibility index (Phi) is 6.42. The molecule has 0 atom stereocenters. The number of hydrogen-bond donors (Lipinski definition) is 0. The van der Waals surface area contributed by atoms with Crippen LogP contribution in [0.4, 0.5) is 0 Å². The molecule has 4 aromatic heterocycles. The van der Waals surface area contributed by atoms with Crippen molar-refractivity contribution < 1.29 is 8.83 Å². The number of benzene rings is 7. The molecule has 0 aliphatic rings. The zero-order valence-corrected chi connectivity index (χ0v) is 28.1. The van der Waals surface area contributed by atoms with E-state index < -0.39 is 0 Å². The van der Waals surface area contributed by atoms with Crippen LogP contribution in [-0.2, 0) is 0 Å². The third kappa shape index (κ3) is 4.68. The van der Waals surface area contributed by atoms with Gasteiger partial charge in [0.25, 0.3) is 0 Å². The average molecular weight is 682 g/mol. The standard InChI is InChI=1S/C46H27N5O2/c1-3-14-28(15-4-1)30-26-35-33-20-13-21-34(41(33)53-42(35)36(27-30)45-47-37-22-9-12-25-40(37)52-45)44-48-43(29-16-5-2-6-17-29)49-46(50-44)51-38-23-10-7-18-31(38)32-19-8-11-24-39(32)51/h1-27H. The molecule has 7 heteroatoms. The van der Waals surface area contributed by atoms with Crippen molar-refractivity contribution in [3.05, 3.63) is 164 Å². The number of oxazole rings is 1. The Bertz CT molecular complexity index is 3090. The monoisotopic (exact) mass is 681 g/mol. The predicted octanol–water partition coefficient (Wildman–Crippen LogP) is 11.7. The van der Waals surface area contributed by atoms with Crippen molar-refractivity contribution in [3.8, 4) is 51.3 Å². The molecule has 0 aliphatic heterocycles. The maximum Gasteiger partial charge on any atom is 0.238 e. The summed E-state index contributed by atoms with van der Waals surface area (Å²) < 4.78 is 15.4. The van der Waals surface area contributed by atoms with E-state index in [-0.39, 0.29) is 0 Å². The summed E-state index contributed by atoms with van der Waals surface area (Å²) in [6.45, 7) is 0. The lowest BCUT2D eigenvalue weighted by Crippen LogP contribution is -2.06. The lowest BCUT2D eigenvalue weighted by Gasteiger charge is -2.11. The Hall–Kier alpha value is -7.38. The summed E-state index contributed by atoms with van der Waals surface area (Å²) in [7, 11) is 0. The van der Waals surface area contributed by atoms with Crippen molar-refractivity contribution in [3.63, 3.8) is 0 Å². The fourth-order valence-corrected chi connectivity index (χ4v) is 7.46. The second-order valence-electron chi connectivity index (χ2n) is 13.1. The molecule has 248 valence electrons. The van der Waals surface area contributed by atoms with Gasteiger partial charge < -0.3 is 8.83 Å². The van der Waals surface area contributed by atoms with E-state index in [0.29, 0.717) is 40.2 Å². The van der Waals surface area contributed by atoms with Gasteiger partial charge in [0.2, 0.25) is 11.8 Å². The van der Waals surface area contributed by atoms with Gasteiger partial charge in [0.05, 0.1) is 22.2 Å². The van der Waals surface area contributed by atoms with E-state index in [1.165, 1.54) is 0 Å². The van der Waals surface area contributed by atoms with Crippen molar-refractivity contribution >= 4 is 54.8 Å². The summed E-state index contributed by atoms with van der Waals surface area (Å²) in [5, 5.41) is 4.14. The summed E-state index contributed by atoms with van der Waals surface area (Å²) in [5.74, 6) is 2.10. The number of para-hydroxylation sites is 5. The molecule has 11 rings (SSSR count). The van der Waals surface area contributed by atoms with Gasteiger partial charge in [-0.15, -0.1) is 0 Å². The number of rotatable bonds is 5. The minimum absolute atomic E-state index is 0.495. The Balaban J connectivity index is 1.20. The summed E-state index contributed by atoms with van der Waals surface area (Å²) in [6, 6.07) is 55.3. The van der Waals surface area contributed by atoms with Crippen molar-refractivity contribution in [2.24, 2.45) is 0 Å². The molecule has 0 bridgehead atoms. The summed E-state index contributed by atoms with van der Waals surface area (Å²) in [4.78, 5) is 20.3. The minimum atomic E-state index is 0.495. The van der Waals surface area contributed by atoms with Crippen molar-refractivity contribution in [1.82, 2.24) is 24.5 Å². The second-order valence-corrected chi connectivity index (χ2v) is 13.1. The normalized spacial score (nSPS) is 11.8. The van der Waals surface area contributed by atoms with E-state index >= 15 is 0 Å². The van der Waals surface area contributed by atoms with Gasteiger partial charge in [-0.05, 0) is 53.6 Å². The zero-order valence-electron chi connectivity index (χ0n) is 28.1. The first kappa shape index (κ1) is 29.4. The van der Waals surface area contributed by atoms with Gasteiger partial charge in [-0.2, -0.15) is 9.97 Å². The maximum atomic E-state index is 6.92. The molecule has 0 fully saturated rings. The maximum absolute atomic E-state index is 6.92. The van der Waals surface area contributed by atoms with Gasteiger partial charge in [-0.3, -0.25) is 4.57 Å². The molecule has 0 saturated carbocycles. The van der Waals surface area contributed by atoms with Gasteiger partial charge in [-0.25, -0.2) is 9.97 Å². The molecule has 11 aromatic rings. The fraction of sp³-hybridized carbons (Fsp3) is 0. The average Bonchev–Trinajstić information content (AvgIpc) is 3.93. The molecule has 0 amide bonds. The predicted molar refractivity (Wildman–Crippen MR) is 211 cm³/mol. The van der Waals surface area contributed by atoms with Crippen LogP contribution in [-0.4, -0.2) is 24.5 Å². The molecule has 0 spiro atoms. The molecular formula is C46H27N5O2. The third-order valence-electron chi connectivity index (χ3n) is 9.91. The van der Waals surface area contributed by atoms with Crippen LogP contribution in [0.1, 0.15) is 0 Å². The topological polar surface area (TPSA) is 82.8 Å². The Labute approximate surface area is 302 Å². The molecule has 0 aliphatic carbocycles. The van der Waals surface area contributed by atoms with Crippen molar-refractivity contribution in [2.45, 2.75) is 0 Å². The smallest absolute Gasteiger partial charge is 0.238 e. The Morgan fingerprint density at radius 2 is 1.02 bits per heavy atom. The molecular weight excluding hydrogens is 655 g/mol. The Morgan fingerprint density at radius 1 is 0.396 bits per heavy atom. The van der Waals surface area contributed by atoms with Crippen LogP contribution in [0.5, 0.6) is 0 Å². The van der Waals surface area contributed by atoms with E-state index in [1.54, 1.807) is 0 Å². The van der Waals surface area contributed by atoms with Gasteiger partial charge >= 0.3 is 0 Å². The van der Waals surface area contributed by atoms with Crippen LogP contribution < -0.4 is 0 Å². The number of aromatic nitrogens is 5. The SMILES string of the molecule is c1ccc(-c2cc(-c3nc4ccccc4o3)c3oc4c(-c5nc(-c6ccccc6)nc(-n6c7ccccc7c7ccccc76)n5)cccc4c3c2)cc1. The number of nitrogens with zero attached hydrogens (tertiary/aromatic N) is 5. The highest BCUT2D eigenvalue weighted by Crippen LogP contribution is 2.43. The van der Waals surface area contributed by atoms with Crippen LogP contribution in [0.15, 0.2) is 173 Å². The minimum Gasteiger partial charge on any atom is -0.454 e. The first-order chi connectivity index (χ1) is 26.3. The van der Waals surface area contributed by atoms with Crippen LogP contribution in [0.2, 0.25) is 0 Å². The molecule has 53 heavy (non-hydrogen) atoms. The van der Waals surface area contributed by atoms with Crippen molar-refractivity contribution in [1.29, 1.82) is 0 Å². The lowest BCUT2D eigenvalue weighted by molar-refractivity contribution is 0.615. The van der Waals surface area contributed by atoms with Crippen LogP contribution in [0.3, 0.4) is 0 Å². The van der Waals surface area contributed by atoms with E-state index in [0.717, 1.165) is 65.9 Å². The number of fused-ring (bicyclic) bond motifs is 7. The van der Waals surface area contributed by atoms with Crippen LogP contribution in [0.25, 0.3) is 106 Å². The zero-order chi connectivity index (χ0) is 34.9. The molecule has 0 radical (unpaired) electrons. The quantitative estimate of drug-likeness (QED) is 0.180. The fourth-order valence-electron chi connectivity index (χ4n) is 7.46. The molecule has 0 saturated heterocycles. The van der Waals surface area contributed by atoms with Gasteiger partial charge in [0.15, 0.2) is 17.2 Å². The molecule has 0 unspecified atom stereocenters. The molecule has 7 nitrogen and oxygen atoms in total. The number of hydrogen-bond acceptors (Lipinski definition) is 6. The highest BCUT2D eigenvalue weighted by Gasteiger charge is 2.23. The molecule has 7 aromatic carbocycles. The van der Waals surface area contributed by atoms with E-state index in [1.807, 2.05) is 97.1 Å². The largest absolute Gasteiger partial charge is 0.454 e. The van der Waals surface area contributed by atoms with Crippen LogP contribution >= 0.6 is 0 Å². The van der Waals surface area contributed by atoms with Gasteiger partial charge in [0.1, 0.15) is 16.7 Å². The highest BCUT2D eigenvalue weighted by molar-refractivity contribution is 6.14. The highest BCUT2D eigenvalue weighted by atomic mass is 16.4.